The van der Waals surface area contributed by atoms with Crippen LogP contribution in [0.25, 0.3) is 0 Å². The van der Waals surface area contributed by atoms with E-state index in [1.54, 1.807) is 0 Å². The topological polar surface area (TPSA) is 55.4 Å². The maximum Gasteiger partial charge on any atom is 0.214 e. The number of ether oxygens (including phenoxy) is 1. The van der Waals surface area contributed by atoms with Crippen LogP contribution in [0.2, 0.25) is 0 Å². The summed E-state index contributed by atoms with van der Waals surface area (Å²) in [7, 11) is -3.25. The third-order valence-corrected chi connectivity index (χ3v) is 6.00. The van der Waals surface area contributed by atoms with Crippen molar-refractivity contribution in [3.63, 3.8) is 0 Å². The average Bonchev–Trinajstić information content (AvgIpc) is 2.42. The van der Waals surface area contributed by atoms with Gasteiger partial charge in [0.25, 0.3) is 0 Å². The summed E-state index contributed by atoms with van der Waals surface area (Å²) in [4.78, 5) is 0. The normalized spacial score (nSPS) is 23.7. The Morgan fingerprint density at radius 3 is 2.80 bits per heavy atom. The molecular formula is C15H23NO3S. The van der Waals surface area contributed by atoms with E-state index in [2.05, 4.69) is 23.8 Å². The van der Waals surface area contributed by atoms with Crippen LogP contribution in [0.1, 0.15) is 24.5 Å². The van der Waals surface area contributed by atoms with Gasteiger partial charge in [0, 0.05) is 19.1 Å². The van der Waals surface area contributed by atoms with E-state index in [9.17, 15) is 8.42 Å². The number of sulfonamides is 1. The molecule has 1 aromatic rings. The largest absolute Gasteiger partial charge is 0.381 e. The van der Waals surface area contributed by atoms with Gasteiger partial charge in [0.15, 0.2) is 0 Å². The molecule has 5 heteroatoms. The Labute approximate surface area is 121 Å². The van der Waals surface area contributed by atoms with Gasteiger partial charge in [0.05, 0.1) is 11.9 Å². The first kappa shape index (κ1) is 15.5. The molecule has 0 bridgehead atoms. The Morgan fingerprint density at radius 1 is 1.35 bits per heavy atom. The molecule has 112 valence electrons. The summed E-state index contributed by atoms with van der Waals surface area (Å²) in [6.07, 6.45) is 1.33. The Hall–Kier alpha value is -0.910. The van der Waals surface area contributed by atoms with Gasteiger partial charge in [-0.3, -0.25) is 0 Å². The molecule has 1 aliphatic rings. The predicted molar refractivity (Wildman–Crippen MR) is 80.2 cm³/mol. The first-order valence-corrected chi connectivity index (χ1v) is 8.70. The molecule has 0 amide bonds. The first-order chi connectivity index (χ1) is 9.54. The molecular weight excluding hydrogens is 274 g/mol. The van der Waals surface area contributed by atoms with Crippen molar-refractivity contribution >= 4 is 10.0 Å². The molecule has 20 heavy (non-hydrogen) atoms. The second-order valence-electron chi connectivity index (χ2n) is 5.34. The van der Waals surface area contributed by atoms with Crippen LogP contribution in [-0.4, -0.2) is 33.4 Å². The highest BCUT2D eigenvalue weighted by Crippen LogP contribution is 2.26. The zero-order valence-corrected chi connectivity index (χ0v) is 12.9. The molecule has 1 aliphatic heterocycles. The van der Waals surface area contributed by atoms with Gasteiger partial charge in [-0.15, -0.1) is 0 Å². The molecule has 1 N–H and O–H groups in total. The van der Waals surface area contributed by atoms with Crippen LogP contribution in [0.3, 0.4) is 0 Å². The minimum absolute atomic E-state index is 0.0221. The Bertz CT molecular complexity index is 542. The summed E-state index contributed by atoms with van der Waals surface area (Å²) in [6.45, 7) is 5.36. The van der Waals surface area contributed by atoms with Crippen molar-refractivity contribution in [2.24, 2.45) is 5.92 Å². The summed E-state index contributed by atoms with van der Waals surface area (Å²) in [5.74, 6) is 0.0221. The van der Waals surface area contributed by atoms with Gasteiger partial charge in [0.1, 0.15) is 0 Å². The van der Waals surface area contributed by atoms with Gasteiger partial charge in [-0.2, -0.15) is 0 Å². The van der Waals surface area contributed by atoms with Crippen molar-refractivity contribution in [3.05, 3.63) is 35.4 Å². The van der Waals surface area contributed by atoms with Gasteiger partial charge in [-0.1, -0.05) is 31.2 Å². The molecule has 1 fully saturated rings. The fourth-order valence-electron chi connectivity index (χ4n) is 2.81. The molecule has 2 rings (SSSR count). The Morgan fingerprint density at radius 2 is 2.10 bits per heavy atom. The second-order valence-corrected chi connectivity index (χ2v) is 7.32. The molecule has 0 spiro atoms. The molecule has 0 saturated carbocycles. The Balaban J connectivity index is 2.18. The summed E-state index contributed by atoms with van der Waals surface area (Å²) >= 11 is 0. The molecule has 4 nitrogen and oxygen atoms in total. The fourth-order valence-corrected chi connectivity index (χ4v) is 4.51. The van der Waals surface area contributed by atoms with E-state index in [4.69, 9.17) is 4.74 Å². The lowest BCUT2D eigenvalue weighted by Gasteiger charge is -2.31. The zero-order chi connectivity index (χ0) is 14.6. The molecule has 2 atom stereocenters. The minimum atomic E-state index is -3.25. The van der Waals surface area contributed by atoms with Crippen LogP contribution in [-0.2, 0) is 21.2 Å². The number of aryl methyl sites for hydroxylation is 1. The monoisotopic (exact) mass is 297 g/mol. The van der Waals surface area contributed by atoms with E-state index in [0.717, 1.165) is 6.42 Å². The lowest BCUT2D eigenvalue weighted by atomic mass is 9.91. The number of hydrogen-bond donors (Lipinski definition) is 1. The van der Waals surface area contributed by atoms with Crippen molar-refractivity contribution in [3.8, 4) is 0 Å². The average molecular weight is 297 g/mol. The van der Waals surface area contributed by atoms with E-state index >= 15 is 0 Å². The quantitative estimate of drug-likeness (QED) is 0.903. The molecule has 1 saturated heterocycles. The van der Waals surface area contributed by atoms with Gasteiger partial charge >= 0.3 is 0 Å². The molecule has 0 unspecified atom stereocenters. The maximum absolute atomic E-state index is 12.3. The van der Waals surface area contributed by atoms with Crippen molar-refractivity contribution in [2.75, 3.05) is 19.8 Å². The summed E-state index contributed by atoms with van der Waals surface area (Å²) < 4.78 is 32.8. The third-order valence-electron chi connectivity index (χ3n) is 3.89. The number of rotatable bonds is 5. The summed E-state index contributed by atoms with van der Waals surface area (Å²) in [5.41, 5.74) is 2.41. The van der Waals surface area contributed by atoms with Crippen LogP contribution in [0, 0.1) is 12.8 Å². The van der Waals surface area contributed by atoms with Crippen molar-refractivity contribution < 1.29 is 13.2 Å². The van der Waals surface area contributed by atoms with Crippen LogP contribution in [0.4, 0.5) is 0 Å². The van der Waals surface area contributed by atoms with E-state index in [1.807, 2.05) is 19.1 Å². The van der Waals surface area contributed by atoms with Gasteiger partial charge in [-0.05, 0) is 30.9 Å². The predicted octanol–water partition coefficient (Wildman–Crippen LogP) is 1.88. The SMILES string of the molecule is CCNS(=O)(=O)[C@@H]1CCOC[C@H]1Cc1ccccc1C. The first-order valence-electron chi connectivity index (χ1n) is 7.15. The van der Waals surface area contributed by atoms with Crippen molar-refractivity contribution in [1.29, 1.82) is 0 Å². The molecule has 0 aliphatic carbocycles. The van der Waals surface area contributed by atoms with Crippen LogP contribution < -0.4 is 4.72 Å². The smallest absolute Gasteiger partial charge is 0.214 e. The highest BCUT2D eigenvalue weighted by Gasteiger charge is 2.35. The van der Waals surface area contributed by atoms with Crippen molar-refractivity contribution in [2.45, 2.75) is 31.9 Å². The van der Waals surface area contributed by atoms with E-state index < -0.39 is 10.0 Å². The molecule has 0 radical (unpaired) electrons. The number of hydrogen-bond acceptors (Lipinski definition) is 3. The molecule has 0 aromatic heterocycles. The number of nitrogens with one attached hydrogen (secondary N) is 1. The zero-order valence-electron chi connectivity index (χ0n) is 12.1. The van der Waals surface area contributed by atoms with Crippen LogP contribution >= 0.6 is 0 Å². The lowest BCUT2D eigenvalue weighted by Crippen LogP contribution is -2.44. The van der Waals surface area contributed by atoms with E-state index in [0.29, 0.717) is 26.2 Å². The highest BCUT2D eigenvalue weighted by molar-refractivity contribution is 7.90. The van der Waals surface area contributed by atoms with Crippen molar-refractivity contribution in [1.82, 2.24) is 4.72 Å². The molecule has 1 aromatic carbocycles. The summed E-state index contributed by atoms with van der Waals surface area (Å²) in [5, 5.41) is -0.351. The third kappa shape index (κ3) is 3.59. The van der Waals surface area contributed by atoms with Crippen LogP contribution in [0.15, 0.2) is 24.3 Å². The summed E-state index contributed by atoms with van der Waals surface area (Å²) in [6, 6.07) is 8.14. The fraction of sp³-hybridized carbons (Fsp3) is 0.600. The van der Waals surface area contributed by atoms with Gasteiger partial charge < -0.3 is 4.74 Å². The highest BCUT2D eigenvalue weighted by atomic mass is 32.2. The Kier molecular flexibility index (Phi) is 5.18. The second kappa shape index (κ2) is 6.70. The van der Waals surface area contributed by atoms with Crippen LogP contribution in [0.5, 0.6) is 0 Å². The van der Waals surface area contributed by atoms with E-state index in [-0.39, 0.29) is 11.2 Å². The van der Waals surface area contributed by atoms with Gasteiger partial charge in [0.2, 0.25) is 10.0 Å². The standard InChI is InChI=1S/C15H23NO3S/c1-3-16-20(17,18)15-8-9-19-11-14(15)10-13-7-5-4-6-12(13)2/h4-7,14-16H,3,8-11H2,1-2H3/t14-,15-/m1/s1. The van der Waals surface area contributed by atoms with Gasteiger partial charge in [-0.25, -0.2) is 13.1 Å². The lowest BCUT2D eigenvalue weighted by molar-refractivity contribution is 0.0570. The van der Waals surface area contributed by atoms with E-state index in [1.165, 1.54) is 11.1 Å². The number of benzene rings is 1. The molecule has 1 heterocycles. The maximum atomic E-state index is 12.3. The minimum Gasteiger partial charge on any atom is -0.381 e.